The highest BCUT2D eigenvalue weighted by Crippen LogP contribution is 2.39. The minimum atomic E-state index is -1.22. The maximum atomic E-state index is 15.0. The van der Waals surface area contributed by atoms with E-state index in [0.29, 0.717) is 6.42 Å². The molecule has 5 nitrogen and oxygen atoms in total. The van der Waals surface area contributed by atoms with Crippen LogP contribution >= 0.6 is 0 Å². The molecule has 0 fully saturated rings. The quantitative estimate of drug-likeness (QED) is 0.482. The van der Waals surface area contributed by atoms with Crippen molar-refractivity contribution in [3.63, 3.8) is 0 Å². The summed E-state index contributed by atoms with van der Waals surface area (Å²) in [5, 5.41) is 19.6. The van der Waals surface area contributed by atoms with Crippen molar-refractivity contribution in [1.29, 1.82) is 0 Å². The molecule has 0 saturated heterocycles. The fourth-order valence-corrected chi connectivity index (χ4v) is 3.92. The van der Waals surface area contributed by atoms with Crippen LogP contribution in [-0.4, -0.2) is 26.7 Å². The van der Waals surface area contributed by atoms with Crippen molar-refractivity contribution in [2.24, 2.45) is 0 Å². The first-order valence-corrected chi connectivity index (χ1v) is 9.93. The van der Waals surface area contributed by atoms with Crippen LogP contribution in [0.3, 0.4) is 0 Å². The van der Waals surface area contributed by atoms with Gasteiger partial charge in [0.1, 0.15) is 0 Å². The maximum absolute atomic E-state index is 15.0. The summed E-state index contributed by atoms with van der Waals surface area (Å²) in [4.78, 5) is 25.2. The molecular weight excluding hydrogens is 411 g/mol. The van der Waals surface area contributed by atoms with E-state index in [0.717, 1.165) is 41.7 Å². The van der Waals surface area contributed by atoms with E-state index in [-0.39, 0.29) is 34.1 Å². The smallest absolute Gasteiger partial charge is 0.311 e. The molecule has 2 N–H and O–H groups in total. The molecule has 0 aliphatic rings. The number of aromatic hydroxyl groups is 1. The average Bonchev–Trinajstić information content (AvgIpc) is 3.02. The van der Waals surface area contributed by atoms with Gasteiger partial charge in [-0.3, -0.25) is 14.2 Å². The Morgan fingerprint density at radius 2 is 1.77 bits per heavy atom. The number of aromatic nitrogens is 1. The van der Waals surface area contributed by atoms with Crippen LogP contribution < -0.4 is 0 Å². The second-order valence-electron chi connectivity index (χ2n) is 7.45. The van der Waals surface area contributed by atoms with E-state index in [1.54, 1.807) is 0 Å². The van der Waals surface area contributed by atoms with E-state index >= 15 is 0 Å². The number of phenols is 1. The zero-order chi connectivity index (χ0) is 22.9. The number of carboxylic acids is 1. The maximum Gasteiger partial charge on any atom is 0.311 e. The molecule has 0 spiro atoms. The zero-order valence-electron chi connectivity index (χ0n) is 17.1. The number of halogens is 3. The number of benzene rings is 2. The fourth-order valence-electron chi connectivity index (χ4n) is 3.92. The Kier molecular flexibility index (Phi) is 6.38. The summed E-state index contributed by atoms with van der Waals surface area (Å²) >= 11 is 0. The van der Waals surface area contributed by atoms with Gasteiger partial charge in [0.2, 0.25) is 0 Å². The SMILES string of the molecule is CCCCCC(C(=O)O)c1c(C)n(C(=O)c2ccc(F)c(F)c2)c2ccc(O)c(F)c12. The van der Waals surface area contributed by atoms with E-state index in [9.17, 15) is 33.0 Å². The second-order valence-corrected chi connectivity index (χ2v) is 7.45. The molecule has 0 bridgehead atoms. The van der Waals surface area contributed by atoms with Gasteiger partial charge in [-0.1, -0.05) is 26.2 Å². The number of carbonyl (C=O) groups excluding carboxylic acids is 1. The first kappa shape index (κ1) is 22.4. The van der Waals surface area contributed by atoms with Crippen LogP contribution in [0, 0.1) is 24.4 Å². The van der Waals surface area contributed by atoms with Crippen molar-refractivity contribution in [1.82, 2.24) is 4.57 Å². The fraction of sp³-hybridized carbons (Fsp3) is 0.304. The molecule has 1 atom stereocenters. The summed E-state index contributed by atoms with van der Waals surface area (Å²) in [5.41, 5.74) is 0.108. The van der Waals surface area contributed by atoms with Crippen molar-refractivity contribution < 1.29 is 33.0 Å². The highest BCUT2D eigenvalue weighted by molar-refractivity contribution is 6.05. The van der Waals surface area contributed by atoms with Gasteiger partial charge in [-0.05, 0) is 49.2 Å². The van der Waals surface area contributed by atoms with Gasteiger partial charge >= 0.3 is 5.97 Å². The third-order valence-corrected chi connectivity index (χ3v) is 5.45. The topological polar surface area (TPSA) is 79.5 Å². The predicted molar refractivity (Wildman–Crippen MR) is 109 cm³/mol. The Morgan fingerprint density at radius 3 is 2.39 bits per heavy atom. The number of carbonyl (C=O) groups is 2. The van der Waals surface area contributed by atoms with E-state index in [4.69, 9.17) is 0 Å². The molecule has 1 unspecified atom stereocenters. The summed E-state index contributed by atoms with van der Waals surface area (Å²) in [7, 11) is 0. The molecule has 0 saturated carbocycles. The van der Waals surface area contributed by atoms with Gasteiger partial charge in [-0.25, -0.2) is 13.2 Å². The van der Waals surface area contributed by atoms with Crippen LogP contribution in [0.5, 0.6) is 5.75 Å². The molecule has 8 heteroatoms. The molecule has 1 heterocycles. The monoisotopic (exact) mass is 433 g/mol. The molecule has 31 heavy (non-hydrogen) atoms. The van der Waals surface area contributed by atoms with Crippen molar-refractivity contribution in [3.8, 4) is 5.75 Å². The van der Waals surface area contributed by atoms with Crippen LogP contribution in [-0.2, 0) is 4.79 Å². The van der Waals surface area contributed by atoms with Crippen LogP contribution in [0.4, 0.5) is 13.2 Å². The van der Waals surface area contributed by atoms with Gasteiger partial charge in [0.25, 0.3) is 5.91 Å². The van der Waals surface area contributed by atoms with Gasteiger partial charge in [0.15, 0.2) is 23.2 Å². The van der Waals surface area contributed by atoms with Gasteiger partial charge in [0.05, 0.1) is 11.4 Å². The first-order valence-electron chi connectivity index (χ1n) is 9.93. The number of phenolic OH excluding ortho intramolecular Hbond substituents is 1. The lowest BCUT2D eigenvalue weighted by Crippen LogP contribution is -2.16. The first-order chi connectivity index (χ1) is 14.7. The number of nitrogens with zero attached hydrogens (tertiary/aromatic N) is 1. The van der Waals surface area contributed by atoms with Crippen molar-refractivity contribution in [2.75, 3.05) is 0 Å². The number of aliphatic carboxylic acids is 1. The highest BCUT2D eigenvalue weighted by atomic mass is 19.2. The molecule has 164 valence electrons. The largest absolute Gasteiger partial charge is 0.505 e. The van der Waals surface area contributed by atoms with E-state index < -0.39 is 41.0 Å². The summed E-state index contributed by atoms with van der Waals surface area (Å²) in [6.45, 7) is 3.43. The summed E-state index contributed by atoms with van der Waals surface area (Å²) in [6, 6.07) is 4.99. The van der Waals surface area contributed by atoms with Crippen LogP contribution in [0.25, 0.3) is 10.9 Å². The predicted octanol–water partition coefficient (Wildman–Crippen LogP) is 5.51. The molecule has 0 aliphatic carbocycles. The molecule has 1 aromatic heterocycles. The number of hydrogen-bond acceptors (Lipinski definition) is 3. The van der Waals surface area contributed by atoms with E-state index in [2.05, 4.69) is 0 Å². The highest BCUT2D eigenvalue weighted by Gasteiger charge is 2.31. The van der Waals surface area contributed by atoms with Crippen LogP contribution in [0.1, 0.15) is 60.1 Å². The number of unbranched alkanes of at least 4 members (excludes halogenated alkanes) is 2. The van der Waals surface area contributed by atoms with E-state index in [1.807, 2.05) is 6.92 Å². The standard InChI is InChI=1S/C23H22F3NO4/c1-3-4-5-6-14(23(30)31)19-12(2)27(17-9-10-18(28)21(26)20(17)19)22(29)13-7-8-15(24)16(25)11-13/h7-11,14,28H,3-6H2,1-2H3,(H,30,31). The Hall–Kier alpha value is -3.29. The molecule has 3 rings (SSSR count). The van der Waals surface area contributed by atoms with Gasteiger partial charge in [-0.2, -0.15) is 0 Å². The van der Waals surface area contributed by atoms with Crippen molar-refractivity contribution >= 4 is 22.8 Å². The average molecular weight is 433 g/mol. The van der Waals surface area contributed by atoms with Gasteiger partial charge < -0.3 is 10.2 Å². The van der Waals surface area contributed by atoms with Gasteiger partial charge in [-0.15, -0.1) is 0 Å². The minimum Gasteiger partial charge on any atom is -0.505 e. The van der Waals surface area contributed by atoms with Crippen LogP contribution in [0.15, 0.2) is 30.3 Å². The lowest BCUT2D eigenvalue weighted by molar-refractivity contribution is -0.139. The number of fused-ring (bicyclic) bond motifs is 1. The number of hydrogen-bond donors (Lipinski definition) is 2. The Balaban J connectivity index is 2.27. The van der Waals surface area contributed by atoms with Gasteiger partial charge in [0, 0.05) is 16.6 Å². The zero-order valence-corrected chi connectivity index (χ0v) is 17.1. The van der Waals surface area contributed by atoms with Crippen LogP contribution in [0.2, 0.25) is 0 Å². The molecule has 0 radical (unpaired) electrons. The third kappa shape index (κ3) is 4.02. The summed E-state index contributed by atoms with van der Waals surface area (Å²) in [6.07, 6.45) is 2.44. The Labute approximate surface area is 176 Å². The summed E-state index contributed by atoms with van der Waals surface area (Å²) < 4.78 is 43.0. The lowest BCUT2D eigenvalue weighted by Gasteiger charge is -2.14. The molecule has 0 amide bonds. The summed E-state index contributed by atoms with van der Waals surface area (Å²) in [5.74, 6) is -7.10. The number of rotatable bonds is 7. The minimum absolute atomic E-state index is 0.0410. The third-order valence-electron chi connectivity index (χ3n) is 5.45. The second kappa shape index (κ2) is 8.83. The molecule has 2 aromatic carbocycles. The molecule has 0 aliphatic heterocycles. The van der Waals surface area contributed by atoms with Crippen molar-refractivity contribution in [3.05, 3.63) is 64.6 Å². The normalized spacial score (nSPS) is 12.3. The molecular formula is C23H22F3NO4. The van der Waals surface area contributed by atoms with E-state index in [1.165, 1.54) is 13.0 Å². The Bertz CT molecular complexity index is 1170. The molecule has 3 aromatic rings. The Morgan fingerprint density at radius 1 is 1.06 bits per heavy atom. The lowest BCUT2D eigenvalue weighted by atomic mass is 9.90. The number of carboxylic acid groups (broad SMARTS) is 1. The van der Waals surface area contributed by atoms with Crippen molar-refractivity contribution in [2.45, 2.75) is 45.4 Å².